The molecule has 22 heavy (non-hydrogen) atoms. The molecule has 0 radical (unpaired) electrons. The van der Waals surface area contributed by atoms with Gasteiger partial charge in [-0.3, -0.25) is 4.79 Å². The number of thiazole rings is 1. The van der Waals surface area contributed by atoms with Crippen LogP contribution in [0.25, 0.3) is 11.3 Å². The predicted molar refractivity (Wildman–Crippen MR) is 91.5 cm³/mol. The molecular weight excluding hydrogens is 296 g/mol. The highest BCUT2D eigenvalue weighted by Crippen LogP contribution is 2.31. The van der Waals surface area contributed by atoms with Gasteiger partial charge in [0, 0.05) is 16.4 Å². The molecule has 1 amide bonds. The second kappa shape index (κ2) is 7.40. The van der Waals surface area contributed by atoms with Crippen LogP contribution < -0.4 is 10.1 Å². The van der Waals surface area contributed by atoms with E-state index in [2.05, 4.69) is 17.2 Å². The molecule has 0 saturated heterocycles. The first kappa shape index (κ1) is 16.5. The van der Waals surface area contributed by atoms with Gasteiger partial charge in [0.05, 0.1) is 12.8 Å². The van der Waals surface area contributed by atoms with E-state index in [-0.39, 0.29) is 11.8 Å². The maximum atomic E-state index is 12.1. The fourth-order valence-corrected chi connectivity index (χ4v) is 3.10. The molecule has 4 nitrogen and oxygen atoms in total. The van der Waals surface area contributed by atoms with Crippen LogP contribution in [0.2, 0.25) is 0 Å². The fraction of sp³-hybridized carbons (Fsp3) is 0.412. The number of aryl methyl sites for hydroxylation is 1. The molecule has 0 spiro atoms. The van der Waals surface area contributed by atoms with Gasteiger partial charge in [-0.2, -0.15) is 0 Å². The van der Waals surface area contributed by atoms with Crippen molar-refractivity contribution in [3.63, 3.8) is 0 Å². The second-order valence-electron chi connectivity index (χ2n) is 5.33. The normalized spacial score (nSPS) is 12.0. The minimum atomic E-state index is 0.0126. The maximum Gasteiger partial charge on any atom is 0.228 e. The van der Waals surface area contributed by atoms with E-state index in [0.29, 0.717) is 5.13 Å². The summed E-state index contributed by atoms with van der Waals surface area (Å²) in [5.74, 6) is 0.870. The number of nitrogens with zero attached hydrogens (tertiary/aromatic N) is 1. The molecule has 1 aromatic heterocycles. The number of anilines is 1. The monoisotopic (exact) mass is 318 g/mol. The molecule has 2 aromatic rings. The van der Waals surface area contributed by atoms with Crippen molar-refractivity contribution < 1.29 is 9.53 Å². The average molecular weight is 318 g/mol. The SMILES string of the molecule is CCC[C@@H](C)C(=O)Nc1nc(-c2ccc(OC)cc2)c(C)s1. The third-order valence-electron chi connectivity index (χ3n) is 3.56. The quantitative estimate of drug-likeness (QED) is 0.853. The molecule has 0 fully saturated rings. The van der Waals surface area contributed by atoms with Crippen molar-refractivity contribution in [1.82, 2.24) is 4.98 Å². The van der Waals surface area contributed by atoms with Crippen molar-refractivity contribution in [2.24, 2.45) is 5.92 Å². The van der Waals surface area contributed by atoms with Crippen LogP contribution in [-0.2, 0) is 4.79 Å². The Morgan fingerprint density at radius 3 is 2.64 bits per heavy atom. The van der Waals surface area contributed by atoms with E-state index in [4.69, 9.17) is 4.74 Å². The van der Waals surface area contributed by atoms with Crippen LogP contribution in [0.5, 0.6) is 5.75 Å². The molecule has 118 valence electrons. The van der Waals surface area contributed by atoms with Gasteiger partial charge >= 0.3 is 0 Å². The summed E-state index contributed by atoms with van der Waals surface area (Å²) in [7, 11) is 1.65. The number of benzene rings is 1. The number of ether oxygens (including phenoxy) is 1. The lowest BCUT2D eigenvalue weighted by molar-refractivity contribution is -0.119. The molecule has 0 bridgehead atoms. The van der Waals surface area contributed by atoms with E-state index in [0.717, 1.165) is 34.7 Å². The van der Waals surface area contributed by atoms with E-state index >= 15 is 0 Å². The summed E-state index contributed by atoms with van der Waals surface area (Å²) in [4.78, 5) is 17.7. The van der Waals surface area contributed by atoms with E-state index in [1.54, 1.807) is 7.11 Å². The zero-order chi connectivity index (χ0) is 16.1. The maximum absolute atomic E-state index is 12.1. The summed E-state index contributed by atoms with van der Waals surface area (Å²) in [6, 6.07) is 7.78. The van der Waals surface area contributed by atoms with Crippen molar-refractivity contribution in [3.05, 3.63) is 29.1 Å². The van der Waals surface area contributed by atoms with Crippen molar-refractivity contribution in [1.29, 1.82) is 0 Å². The number of hydrogen-bond acceptors (Lipinski definition) is 4. The summed E-state index contributed by atoms with van der Waals surface area (Å²) in [5.41, 5.74) is 1.93. The minimum absolute atomic E-state index is 0.0126. The first-order valence-corrected chi connectivity index (χ1v) is 8.29. The predicted octanol–water partition coefficient (Wildman–Crippen LogP) is 4.50. The van der Waals surface area contributed by atoms with Crippen LogP contribution >= 0.6 is 11.3 Å². The molecule has 0 aliphatic heterocycles. The number of nitrogens with one attached hydrogen (secondary N) is 1. The summed E-state index contributed by atoms with van der Waals surface area (Å²) >= 11 is 1.51. The molecule has 0 unspecified atom stereocenters. The summed E-state index contributed by atoms with van der Waals surface area (Å²) in [6.45, 7) is 6.05. The average Bonchev–Trinajstić information content (AvgIpc) is 2.88. The Kier molecular flexibility index (Phi) is 5.55. The van der Waals surface area contributed by atoms with Gasteiger partial charge in [0.25, 0.3) is 0 Å². The van der Waals surface area contributed by atoms with Gasteiger partial charge in [0.2, 0.25) is 5.91 Å². The molecule has 5 heteroatoms. The standard InChI is InChI=1S/C17H22N2O2S/c1-5-6-11(2)16(20)19-17-18-15(12(3)22-17)13-7-9-14(21-4)10-8-13/h7-11H,5-6H2,1-4H3,(H,18,19,20)/t11-/m1/s1. The third-order valence-corrected chi connectivity index (χ3v) is 4.45. The third kappa shape index (κ3) is 3.85. The highest BCUT2D eigenvalue weighted by molar-refractivity contribution is 7.16. The van der Waals surface area contributed by atoms with Crippen LogP contribution in [0.4, 0.5) is 5.13 Å². The first-order chi connectivity index (χ1) is 10.5. The molecule has 1 N–H and O–H groups in total. The second-order valence-corrected chi connectivity index (χ2v) is 6.53. The number of rotatable bonds is 6. The van der Waals surface area contributed by atoms with Crippen molar-refractivity contribution in [2.75, 3.05) is 12.4 Å². The van der Waals surface area contributed by atoms with E-state index in [9.17, 15) is 4.79 Å². The number of carbonyl (C=O) groups excluding carboxylic acids is 1. The number of amides is 1. The van der Waals surface area contributed by atoms with E-state index in [1.807, 2.05) is 38.1 Å². The lowest BCUT2D eigenvalue weighted by atomic mass is 10.1. The number of methoxy groups -OCH3 is 1. The zero-order valence-electron chi connectivity index (χ0n) is 13.5. The Hall–Kier alpha value is -1.88. The highest BCUT2D eigenvalue weighted by atomic mass is 32.1. The Morgan fingerprint density at radius 2 is 2.05 bits per heavy atom. The lowest BCUT2D eigenvalue weighted by Gasteiger charge is -2.08. The van der Waals surface area contributed by atoms with Gasteiger partial charge in [-0.05, 0) is 37.6 Å². The van der Waals surface area contributed by atoms with Gasteiger partial charge in [-0.1, -0.05) is 20.3 Å². The molecule has 0 aliphatic rings. The van der Waals surface area contributed by atoms with E-state index in [1.165, 1.54) is 11.3 Å². The van der Waals surface area contributed by atoms with Crippen LogP contribution in [0, 0.1) is 12.8 Å². The van der Waals surface area contributed by atoms with Crippen molar-refractivity contribution in [3.8, 4) is 17.0 Å². The number of carbonyl (C=O) groups is 1. The zero-order valence-corrected chi connectivity index (χ0v) is 14.3. The van der Waals surface area contributed by atoms with E-state index < -0.39 is 0 Å². The molecule has 2 rings (SSSR count). The Morgan fingerprint density at radius 1 is 1.36 bits per heavy atom. The summed E-state index contributed by atoms with van der Waals surface area (Å²) < 4.78 is 5.17. The number of aromatic nitrogens is 1. The summed E-state index contributed by atoms with van der Waals surface area (Å²) in [6.07, 6.45) is 1.89. The van der Waals surface area contributed by atoms with Gasteiger partial charge in [0.15, 0.2) is 5.13 Å². The topological polar surface area (TPSA) is 51.2 Å². The van der Waals surface area contributed by atoms with Gasteiger partial charge in [-0.15, -0.1) is 11.3 Å². The van der Waals surface area contributed by atoms with Crippen molar-refractivity contribution in [2.45, 2.75) is 33.6 Å². The molecule has 1 heterocycles. The summed E-state index contributed by atoms with van der Waals surface area (Å²) in [5, 5.41) is 3.59. The smallest absolute Gasteiger partial charge is 0.228 e. The molecule has 1 atom stereocenters. The van der Waals surface area contributed by atoms with Gasteiger partial charge in [0.1, 0.15) is 5.75 Å². The fourth-order valence-electron chi connectivity index (χ4n) is 2.26. The van der Waals surface area contributed by atoms with Crippen LogP contribution in [0.15, 0.2) is 24.3 Å². The largest absolute Gasteiger partial charge is 0.497 e. The Bertz CT molecular complexity index is 635. The Balaban J connectivity index is 2.15. The first-order valence-electron chi connectivity index (χ1n) is 7.47. The highest BCUT2D eigenvalue weighted by Gasteiger charge is 2.16. The van der Waals surface area contributed by atoms with Crippen LogP contribution in [0.1, 0.15) is 31.6 Å². The minimum Gasteiger partial charge on any atom is -0.497 e. The molecule has 0 saturated carbocycles. The van der Waals surface area contributed by atoms with Crippen LogP contribution in [-0.4, -0.2) is 18.0 Å². The number of hydrogen-bond donors (Lipinski definition) is 1. The molecule has 0 aliphatic carbocycles. The Labute approximate surface area is 135 Å². The van der Waals surface area contributed by atoms with Gasteiger partial charge in [-0.25, -0.2) is 4.98 Å². The lowest BCUT2D eigenvalue weighted by Crippen LogP contribution is -2.20. The van der Waals surface area contributed by atoms with Crippen LogP contribution in [0.3, 0.4) is 0 Å². The molecule has 1 aromatic carbocycles. The molecular formula is C17H22N2O2S. The van der Waals surface area contributed by atoms with Gasteiger partial charge < -0.3 is 10.1 Å². The van der Waals surface area contributed by atoms with Crippen molar-refractivity contribution >= 4 is 22.4 Å².